The van der Waals surface area contributed by atoms with Crippen LogP contribution in [0.4, 0.5) is 0 Å². The van der Waals surface area contributed by atoms with Gasteiger partial charge < -0.3 is 0 Å². The van der Waals surface area contributed by atoms with Gasteiger partial charge in [-0.1, -0.05) is 81.0 Å². The lowest BCUT2D eigenvalue weighted by atomic mass is 10.2. The molecular formula is C20H31. The Balaban J connectivity index is 3.42. The Kier molecular flexibility index (Phi) is 16.5. The topological polar surface area (TPSA) is 0 Å². The Morgan fingerprint density at radius 2 is 1.00 bits per heavy atom. The van der Waals surface area contributed by atoms with Crippen molar-refractivity contribution in [1.29, 1.82) is 0 Å². The second-order valence-corrected chi connectivity index (χ2v) is 4.70. The van der Waals surface area contributed by atoms with Gasteiger partial charge in [0.2, 0.25) is 0 Å². The molecule has 0 saturated carbocycles. The highest BCUT2D eigenvalue weighted by atomic mass is 13.8. The zero-order chi connectivity index (χ0) is 14.7. The second-order valence-electron chi connectivity index (χ2n) is 4.70. The third-order valence-corrected chi connectivity index (χ3v) is 2.78. The lowest BCUT2D eigenvalue weighted by Crippen LogP contribution is -1.67. The van der Waals surface area contributed by atoms with Crippen LogP contribution in [0.5, 0.6) is 0 Å². The van der Waals surface area contributed by atoms with Crippen molar-refractivity contribution >= 4 is 0 Å². The Hall–Kier alpha value is -1.30. The van der Waals surface area contributed by atoms with Gasteiger partial charge in [-0.05, 0) is 44.9 Å². The Morgan fingerprint density at radius 3 is 1.40 bits per heavy atom. The average Bonchev–Trinajstić information content (AvgIpc) is 2.47. The number of unbranched alkanes of at least 4 members (excludes halogenated alkanes) is 2. The minimum atomic E-state index is 1.04. The normalized spacial score (nSPS) is 13.1. The van der Waals surface area contributed by atoms with Gasteiger partial charge in [0.25, 0.3) is 0 Å². The Morgan fingerprint density at radius 1 is 0.600 bits per heavy atom. The number of rotatable bonds is 12. The van der Waals surface area contributed by atoms with Gasteiger partial charge in [0.05, 0.1) is 0 Å². The SMILES string of the molecule is [CH2]CCCC=CCC=CCC=CCC=CCC=CCC. The number of hydrogen-bond donors (Lipinski definition) is 0. The molecule has 0 aromatic heterocycles. The van der Waals surface area contributed by atoms with E-state index in [0.717, 1.165) is 44.9 Å². The third-order valence-electron chi connectivity index (χ3n) is 2.78. The van der Waals surface area contributed by atoms with E-state index >= 15 is 0 Å². The molecule has 0 heteroatoms. The van der Waals surface area contributed by atoms with Crippen LogP contribution in [0.15, 0.2) is 60.8 Å². The van der Waals surface area contributed by atoms with E-state index in [1.54, 1.807) is 0 Å². The molecule has 0 amide bonds. The van der Waals surface area contributed by atoms with Crippen LogP contribution in [-0.2, 0) is 0 Å². The first kappa shape index (κ1) is 18.7. The van der Waals surface area contributed by atoms with Crippen LogP contribution in [-0.4, -0.2) is 0 Å². The summed E-state index contributed by atoms with van der Waals surface area (Å²) < 4.78 is 0. The second kappa shape index (κ2) is 17.7. The van der Waals surface area contributed by atoms with E-state index in [9.17, 15) is 0 Å². The molecule has 0 rings (SSSR count). The molecule has 0 aliphatic heterocycles. The lowest BCUT2D eigenvalue weighted by Gasteiger charge is -1.87. The average molecular weight is 271 g/mol. The molecular weight excluding hydrogens is 240 g/mol. The van der Waals surface area contributed by atoms with E-state index in [-0.39, 0.29) is 0 Å². The summed E-state index contributed by atoms with van der Waals surface area (Å²) in [4.78, 5) is 0. The van der Waals surface area contributed by atoms with Gasteiger partial charge in [-0.25, -0.2) is 0 Å². The molecule has 0 bridgehead atoms. The Bertz CT molecular complexity index is 313. The number of hydrogen-bond acceptors (Lipinski definition) is 0. The lowest BCUT2D eigenvalue weighted by molar-refractivity contribution is 0.864. The zero-order valence-electron chi connectivity index (χ0n) is 13.1. The highest BCUT2D eigenvalue weighted by Crippen LogP contribution is 1.98. The van der Waals surface area contributed by atoms with Crippen LogP contribution >= 0.6 is 0 Å². The van der Waals surface area contributed by atoms with Gasteiger partial charge in [0, 0.05) is 0 Å². The first-order valence-electron chi connectivity index (χ1n) is 7.96. The molecule has 20 heavy (non-hydrogen) atoms. The highest BCUT2D eigenvalue weighted by molar-refractivity contribution is 5.00. The van der Waals surface area contributed by atoms with Crippen LogP contribution in [0, 0.1) is 6.92 Å². The molecule has 0 nitrogen and oxygen atoms in total. The maximum absolute atomic E-state index is 3.83. The van der Waals surface area contributed by atoms with Crippen molar-refractivity contribution in [3.8, 4) is 0 Å². The molecule has 0 saturated heterocycles. The predicted octanol–water partition coefficient (Wildman–Crippen LogP) is 6.74. The van der Waals surface area contributed by atoms with Crippen molar-refractivity contribution in [3.05, 3.63) is 67.7 Å². The molecule has 1 radical (unpaired) electrons. The van der Waals surface area contributed by atoms with E-state index < -0.39 is 0 Å². The molecule has 0 fully saturated rings. The van der Waals surface area contributed by atoms with Crippen molar-refractivity contribution in [1.82, 2.24) is 0 Å². The van der Waals surface area contributed by atoms with E-state index in [0.29, 0.717) is 0 Å². The molecule has 0 aromatic rings. The van der Waals surface area contributed by atoms with Crippen molar-refractivity contribution in [3.63, 3.8) is 0 Å². The fourth-order valence-corrected chi connectivity index (χ4v) is 1.63. The number of allylic oxidation sites excluding steroid dienone is 10. The fourth-order valence-electron chi connectivity index (χ4n) is 1.63. The van der Waals surface area contributed by atoms with Crippen LogP contribution in [0.25, 0.3) is 0 Å². The first-order chi connectivity index (χ1) is 9.91. The molecule has 0 atom stereocenters. The summed E-state index contributed by atoms with van der Waals surface area (Å²) in [7, 11) is 0. The molecule has 0 aromatic carbocycles. The van der Waals surface area contributed by atoms with Gasteiger partial charge in [0.15, 0.2) is 0 Å². The maximum Gasteiger partial charge on any atom is -0.0169 e. The van der Waals surface area contributed by atoms with Crippen molar-refractivity contribution in [2.24, 2.45) is 0 Å². The minimum absolute atomic E-state index is 1.04. The van der Waals surface area contributed by atoms with E-state index in [2.05, 4.69) is 74.6 Å². The van der Waals surface area contributed by atoms with Crippen LogP contribution in [0.1, 0.15) is 58.3 Å². The highest BCUT2D eigenvalue weighted by Gasteiger charge is 1.77. The molecule has 0 aliphatic carbocycles. The summed E-state index contributed by atoms with van der Waals surface area (Å²) in [5.41, 5.74) is 0. The quantitative estimate of drug-likeness (QED) is 0.272. The van der Waals surface area contributed by atoms with Crippen LogP contribution < -0.4 is 0 Å². The molecule has 0 heterocycles. The van der Waals surface area contributed by atoms with Gasteiger partial charge in [0.1, 0.15) is 0 Å². The largest absolute Gasteiger partial charge is 0.0885 e. The third kappa shape index (κ3) is 16.7. The molecule has 0 aliphatic rings. The standard InChI is InChI=1S/C20H31/c1-3-5-7-9-11-13-15-17-19-20-18-16-14-12-10-8-6-4-2/h6,8-9,11-12,14-15,17-18,20H,1,3-5,7,10,13,16,19H2,2H3. The van der Waals surface area contributed by atoms with Gasteiger partial charge in [-0.3, -0.25) is 0 Å². The van der Waals surface area contributed by atoms with Crippen LogP contribution in [0.2, 0.25) is 0 Å². The summed E-state index contributed by atoms with van der Waals surface area (Å²) in [5, 5.41) is 0. The van der Waals surface area contributed by atoms with E-state index in [1.807, 2.05) is 0 Å². The summed E-state index contributed by atoms with van der Waals surface area (Å²) in [6.07, 6.45) is 31.0. The fraction of sp³-hybridized carbons (Fsp3) is 0.450. The van der Waals surface area contributed by atoms with E-state index in [4.69, 9.17) is 0 Å². The van der Waals surface area contributed by atoms with Gasteiger partial charge in [-0.2, -0.15) is 0 Å². The molecule has 0 unspecified atom stereocenters. The van der Waals surface area contributed by atoms with Crippen molar-refractivity contribution in [2.45, 2.75) is 58.3 Å². The monoisotopic (exact) mass is 271 g/mol. The maximum atomic E-state index is 3.83. The zero-order valence-corrected chi connectivity index (χ0v) is 13.1. The predicted molar refractivity (Wildman–Crippen MR) is 93.7 cm³/mol. The minimum Gasteiger partial charge on any atom is -0.0885 e. The van der Waals surface area contributed by atoms with Crippen molar-refractivity contribution < 1.29 is 0 Å². The van der Waals surface area contributed by atoms with E-state index in [1.165, 1.54) is 6.42 Å². The summed E-state index contributed by atoms with van der Waals surface area (Å²) >= 11 is 0. The van der Waals surface area contributed by atoms with Gasteiger partial charge >= 0.3 is 0 Å². The Labute approximate surface area is 126 Å². The van der Waals surface area contributed by atoms with Gasteiger partial charge in [-0.15, -0.1) is 0 Å². The smallest absolute Gasteiger partial charge is 0.0169 e. The summed E-state index contributed by atoms with van der Waals surface area (Å²) in [6, 6.07) is 0. The summed E-state index contributed by atoms with van der Waals surface area (Å²) in [6.45, 7) is 5.99. The summed E-state index contributed by atoms with van der Waals surface area (Å²) in [5.74, 6) is 0. The molecule has 111 valence electrons. The molecule has 0 N–H and O–H groups in total. The van der Waals surface area contributed by atoms with Crippen LogP contribution in [0.3, 0.4) is 0 Å². The molecule has 0 spiro atoms. The first-order valence-corrected chi connectivity index (χ1v) is 7.96. The van der Waals surface area contributed by atoms with Crippen molar-refractivity contribution in [2.75, 3.05) is 0 Å².